The van der Waals surface area contributed by atoms with E-state index in [0.29, 0.717) is 6.54 Å². The van der Waals surface area contributed by atoms with Gasteiger partial charge in [0.25, 0.3) is 0 Å². The average molecular weight is 265 g/mol. The van der Waals surface area contributed by atoms with Gasteiger partial charge in [0, 0.05) is 18.1 Å². The average Bonchev–Trinajstić information content (AvgIpc) is 2.85. The Balaban J connectivity index is 2.10. The second-order valence-electron chi connectivity index (χ2n) is 4.63. The smallest absolute Gasteiger partial charge is 0.146 e. The number of para-hydroxylation sites is 1. The van der Waals surface area contributed by atoms with Gasteiger partial charge >= 0.3 is 0 Å². The van der Waals surface area contributed by atoms with E-state index in [4.69, 9.17) is 5.73 Å². The first-order valence-corrected chi connectivity index (χ1v) is 6.56. The number of rotatable bonds is 4. The third-order valence-corrected chi connectivity index (χ3v) is 3.93. The molecule has 0 fully saturated rings. The van der Waals surface area contributed by atoms with Gasteiger partial charge in [-0.1, -0.05) is 12.1 Å². The van der Waals surface area contributed by atoms with Crippen LogP contribution in [-0.4, -0.2) is 4.98 Å². The monoisotopic (exact) mass is 265 g/mol. The summed E-state index contributed by atoms with van der Waals surface area (Å²) in [5, 5.41) is 6.28. The molecular weight excluding hydrogens is 249 g/mol. The molecule has 5 heteroatoms. The van der Waals surface area contributed by atoms with E-state index in [2.05, 4.69) is 10.3 Å². The van der Waals surface area contributed by atoms with Crippen LogP contribution >= 0.6 is 11.3 Å². The maximum atomic E-state index is 13.3. The number of nitrogens with two attached hydrogens (primary N) is 1. The lowest BCUT2D eigenvalue weighted by Gasteiger charge is -2.24. The van der Waals surface area contributed by atoms with Crippen molar-refractivity contribution in [1.82, 2.24) is 10.3 Å². The van der Waals surface area contributed by atoms with Crippen LogP contribution in [0.25, 0.3) is 0 Å². The van der Waals surface area contributed by atoms with Gasteiger partial charge in [0.15, 0.2) is 0 Å². The quantitative estimate of drug-likeness (QED) is 0.836. The van der Waals surface area contributed by atoms with Crippen LogP contribution in [0.15, 0.2) is 29.8 Å². The van der Waals surface area contributed by atoms with Gasteiger partial charge in [0.2, 0.25) is 0 Å². The summed E-state index contributed by atoms with van der Waals surface area (Å²) in [6.45, 7) is 4.60. The molecule has 2 rings (SSSR count). The molecule has 0 unspecified atom stereocenters. The van der Waals surface area contributed by atoms with Crippen molar-refractivity contribution in [2.75, 3.05) is 5.73 Å². The topological polar surface area (TPSA) is 50.9 Å². The van der Waals surface area contributed by atoms with E-state index in [1.165, 1.54) is 6.07 Å². The fourth-order valence-electron chi connectivity index (χ4n) is 1.66. The van der Waals surface area contributed by atoms with Crippen molar-refractivity contribution in [3.63, 3.8) is 0 Å². The summed E-state index contributed by atoms with van der Waals surface area (Å²) in [4.78, 5) is 4.29. The van der Waals surface area contributed by atoms with E-state index in [1.54, 1.807) is 23.6 Å². The Morgan fingerprint density at radius 1 is 1.44 bits per heavy atom. The molecule has 0 saturated heterocycles. The molecule has 0 atom stereocenters. The van der Waals surface area contributed by atoms with Crippen molar-refractivity contribution in [3.05, 3.63) is 46.2 Å². The van der Waals surface area contributed by atoms with Gasteiger partial charge in [-0.2, -0.15) is 0 Å². The summed E-state index contributed by atoms with van der Waals surface area (Å²) in [5.41, 5.74) is 6.42. The van der Waals surface area contributed by atoms with Gasteiger partial charge in [0.1, 0.15) is 10.8 Å². The van der Waals surface area contributed by atoms with E-state index < -0.39 is 0 Å². The minimum atomic E-state index is -0.374. The number of nitrogens with one attached hydrogen (secondary N) is 1. The molecule has 1 aromatic carbocycles. The molecule has 0 aliphatic rings. The second-order valence-corrected chi connectivity index (χ2v) is 5.52. The molecule has 0 bridgehead atoms. The predicted octanol–water partition coefficient (Wildman–Crippen LogP) is 2.89. The number of anilines is 1. The molecule has 0 radical (unpaired) electrons. The second kappa shape index (κ2) is 5.04. The number of aromatic nitrogens is 1. The highest BCUT2D eigenvalue weighted by molar-refractivity contribution is 7.09. The molecule has 18 heavy (non-hydrogen) atoms. The summed E-state index contributed by atoms with van der Waals surface area (Å²) in [6.07, 6.45) is 1.78. The van der Waals surface area contributed by atoms with Crippen molar-refractivity contribution in [2.24, 2.45) is 0 Å². The molecule has 96 valence electrons. The highest BCUT2D eigenvalue weighted by Gasteiger charge is 2.22. The summed E-state index contributed by atoms with van der Waals surface area (Å²) in [6, 6.07) is 4.85. The van der Waals surface area contributed by atoms with E-state index in [1.807, 2.05) is 25.3 Å². The Kier molecular flexibility index (Phi) is 3.63. The van der Waals surface area contributed by atoms with Crippen LogP contribution in [0, 0.1) is 5.82 Å². The lowest BCUT2D eigenvalue weighted by molar-refractivity contribution is 0.399. The van der Waals surface area contributed by atoms with Crippen molar-refractivity contribution in [1.29, 1.82) is 0 Å². The maximum Gasteiger partial charge on any atom is 0.146 e. The van der Waals surface area contributed by atoms with Crippen LogP contribution in [0.1, 0.15) is 24.4 Å². The maximum absolute atomic E-state index is 13.3. The summed E-state index contributed by atoms with van der Waals surface area (Å²) in [7, 11) is 0. The lowest BCUT2D eigenvalue weighted by Crippen LogP contribution is -2.36. The van der Waals surface area contributed by atoms with Gasteiger partial charge < -0.3 is 11.1 Å². The molecular formula is C13H16FN3S. The highest BCUT2D eigenvalue weighted by atomic mass is 32.1. The van der Waals surface area contributed by atoms with Gasteiger partial charge in [-0.15, -0.1) is 11.3 Å². The predicted molar refractivity (Wildman–Crippen MR) is 72.8 cm³/mol. The van der Waals surface area contributed by atoms with Gasteiger partial charge in [0.05, 0.1) is 11.2 Å². The van der Waals surface area contributed by atoms with Crippen molar-refractivity contribution in [3.8, 4) is 0 Å². The zero-order valence-electron chi connectivity index (χ0n) is 10.4. The van der Waals surface area contributed by atoms with E-state index in [0.717, 1.165) is 10.6 Å². The first-order chi connectivity index (χ1) is 8.50. The number of halogens is 1. The largest absolute Gasteiger partial charge is 0.396 e. The summed E-state index contributed by atoms with van der Waals surface area (Å²) < 4.78 is 13.3. The van der Waals surface area contributed by atoms with Crippen LogP contribution in [-0.2, 0) is 12.1 Å². The van der Waals surface area contributed by atoms with Gasteiger partial charge in [-0.05, 0) is 25.5 Å². The minimum absolute atomic E-state index is 0.208. The van der Waals surface area contributed by atoms with Gasteiger partial charge in [-0.3, -0.25) is 0 Å². The molecule has 3 nitrogen and oxygen atoms in total. The SMILES string of the molecule is CC(C)(NCc1cccc(F)c1N)c1nccs1. The fraction of sp³-hybridized carbons (Fsp3) is 0.308. The van der Waals surface area contributed by atoms with Crippen LogP contribution in [0.3, 0.4) is 0 Å². The normalized spacial score (nSPS) is 11.7. The molecule has 0 amide bonds. The summed E-state index contributed by atoms with van der Waals surface area (Å²) in [5.74, 6) is -0.374. The third kappa shape index (κ3) is 2.68. The van der Waals surface area contributed by atoms with Crippen LogP contribution in [0.5, 0.6) is 0 Å². The molecule has 0 aliphatic carbocycles. The Morgan fingerprint density at radius 3 is 2.89 bits per heavy atom. The number of benzene rings is 1. The molecule has 1 heterocycles. The number of thiazole rings is 1. The van der Waals surface area contributed by atoms with Crippen molar-refractivity contribution < 1.29 is 4.39 Å². The zero-order valence-corrected chi connectivity index (χ0v) is 11.2. The van der Waals surface area contributed by atoms with Crippen molar-refractivity contribution in [2.45, 2.75) is 25.9 Å². The molecule has 2 aromatic rings. The Bertz CT molecular complexity index is 523. The Morgan fingerprint density at radius 2 is 2.22 bits per heavy atom. The number of nitrogens with zero attached hydrogens (tertiary/aromatic N) is 1. The highest BCUT2D eigenvalue weighted by Crippen LogP contribution is 2.23. The molecule has 0 saturated carbocycles. The number of nitrogen functional groups attached to an aromatic ring is 1. The molecule has 0 spiro atoms. The van der Waals surface area contributed by atoms with Crippen LogP contribution in [0.4, 0.5) is 10.1 Å². The van der Waals surface area contributed by atoms with Crippen LogP contribution in [0.2, 0.25) is 0 Å². The fourth-order valence-corrected chi connectivity index (χ4v) is 2.40. The first kappa shape index (κ1) is 13.0. The third-order valence-electron chi connectivity index (χ3n) is 2.83. The van der Waals surface area contributed by atoms with E-state index >= 15 is 0 Å². The molecule has 0 aliphatic heterocycles. The lowest BCUT2D eigenvalue weighted by atomic mass is 10.1. The van der Waals surface area contributed by atoms with Crippen molar-refractivity contribution >= 4 is 17.0 Å². The first-order valence-electron chi connectivity index (χ1n) is 5.68. The van der Waals surface area contributed by atoms with E-state index in [-0.39, 0.29) is 17.0 Å². The Labute approximate surface area is 110 Å². The summed E-state index contributed by atoms with van der Waals surface area (Å²) >= 11 is 1.59. The minimum Gasteiger partial charge on any atom is -0.396 e. The number of hydrogen-bond acceptors (Lipinski definition) is 4. The zero-order chi connectivity index (χ0) is 13.2. The standard InChI is InChI=1S/C13H16FN3S/c1-13(2,12-16-6-7-18-12)17-8-9-4-3-5-10(14)11(9)15/h3-7,17H,8,15H2,1-2H3. The molecule has 3 N–H and O–H groups in total. The Hall–Kier alpha value is -1.46. The molecule has 1 aromatic heterocycles. The van der Waals surface area contributed by atoms with Gasteiger partial charge in [-0.25, -0.2) is 9.37 Å². The number of hydrogen-bond donors (Lipinski definition) is 2. The van der Waals surface area contributed by atoms with Crippen LogP contribution < -0.4 is 11.1 Å². The van der Waals surface area contributed by atoms with E-state index in [9.17, 15) is 4.39 Å².